The van der Waals surface area contributed by atoms with Crippen molar-refractivity contribution in [2.45, 2.75) is 64.0 Å². The lowest BCUT2D eigenvalue weighted by molar-refractivity contribution is -0.389. The van der Waals surface area contributed by atoms with Crippen LogP contribution in [0.4, 0.5) is 5.69 Å². The summed E-state index contributed by atoms with van der Waals surface area (Å²) in [6.45, 7) is 3.32. The van der Waals surface area contributed by atoms with E-state index in [1.165, 1.54) is 18.2 Å². The van der Waals surface area contributed by atoms with Gasteiger partial charge < -0.3 is 28.4 Å². The average Bonchev–Trinajstić information content (AvgIpc) is 3.35. The van der Waals surface area contributed by atoms with Gasteiger partial charge in [0, 0.05) is 27.2 Å². The molecule has 2 saturated heterocycles. The second kappa shape index (κ2) is 11.9. The third-order valence-electron chi connectivity index (χ3n) is 5.28. The van der Waals surface area contributed by atoms with Crippen LogP contribution in [0.15, 0.2) is 18.2 Å². The molecule has 0 saturated carbocycles. The highest BCUT2D eigenvalue weighted by Crippen LogP contribution is 2.41. The maximum Gasteiger partial charge on any atom is 0.339 e. The molecule has 0 N–H and O–H groups in total. The van der Waals surface area contributed by atoms with Gasteiger partial charge in [0.2, 0.25) is 18.1 Å². The van der Waals surface area contributed by atoms with Crippen LogP contribution in [0.1, 0.15) is 38.9 Å². The molecular formula is C22H25NO14. The molecule has 0 bridgehead atoms. The van der Waals surface area contributed by atoms with E-state index in [1.54, 1.807) is 0 Å². The van der Waals surface area contributed by atoms with Gasteiger partial charge in [-0.05, 0) is 12.1 Å². The van der Waals surface area contributed by atoms with Crippen LogP contribution in [-0.4, -0.2) is 73.2 Å². The van der Waals surface area contributed by atoms with Crippen LogP contribution in [0, 0.1) is 10.1 Å². The van der Waals surface area contributed by atoms with Gasteiger partial charge in [0.05, 0.1) is 24.2 Å². The zero-order valence-corrected chi connectivity index (χ0v) is 20.3. The maximum absolute atomic E-state index is 12.5. The molecule has 37 heavy (non-hydrogen) atoms. The Bertz CT molecular complexity index is 1050. The van der Waals surface area contributed by atoms with E-state index in [9.17, 15) is 29.3 Å². The first-order valence-electron chi connectivity index (χ1n) is 11.0. The van der Waals surface area contributed by atoms with Crippen molar-refractivity contribution < 1.29 is 62.3 Å². The van der Waals surface area contributed by atoms with Crippen molar-refractivity contribution in [3.63, 3.8) is 0 Å². The van der Waals surface area contributed by atoms with Gasteiger partial charge in [-0.15, -0.1) is 0 Å². The summed E-state index contributed by atoms with van der Waals surface area (Å²) in [7, 11) is 1.03. The molecule has 15 heteroatoms. The highest BCUT2D eigenvalue weighted by Gasteiger charge is 2.56. The number of carbonyl (C=O) groups excluding carboxylic acids is 4. The highest BCUT2D eigenvalue weighted by atomic mass is 17.2. The number of carbonyl (C=O) groups is 4. The summed E-state index contributed by atoms with van der Waals surface area (Å²) in [6, 6.07) is 4.15. The molecule has 0 radical (unpaired) electrons. The van der Waals surface area contributed by atoms with Gasteiger partial charge in [-0.2, -0.15) is 0 Å². The predicted octanol–water partition coefficient (Wildman–Crippen LogP) is 1.06. The molecule has 0 aromatic heterocycles. The molecule has 0 spiro atoms. The first-order valence-corrected chi connectivity index (χ1v) is 11.0. The molecule has 1 unspecified atom stereocenters. The Balaban J connectivity index is 2.08. The molecule has 3 rings (SSSR count). The summed E-state index contributed by atoms with van der Waals surface area (Å²) in [5.74, 6) is -4.01. The van der Waals surface area contributed by atoms with E-state index >= 15 is 0 Å². The molecule has 1 aromatic rings. The number of hydrogen-bond donors (Lipinski definition) is 0. The van der Waals surface area contributed by atoms with Crippen molar-refractivity contribution in [2.24, 2.45) is 0 Å². The number of nitro benzene ring substituents is 1. The first kappa shape index (κ1) is 27.8. The summed E-state index contributed by atoms with van der Waals surface area (Å²) in [4.78, 5) is 69.4. The zero-order valence-electron chi connectivity index (χ0n) is 20.3. The third-order valence-corrected chi connectivity index (χ3v) is 5.28. The quantitative estimate of drug-likeness (QED) is 0.154. The fourth-order valence-corrected chi connectivity index (χ4v) is 3.93. The molecule has 15 nitrogen and oxygen atoms in total. The van der Waals surface area contributed by atoms with Crippen LogP contribution >= 0.6 is 0 Å². The number of ether oxygens (including phenoxy) is 6. The molecule has 2 fully saturated rings. The monoisotopic (exact) mass is 527 g/mol. The van der Waals surface area contributed by atoms with Crippen molar-refractivity contribution in [3.8, 4) is 5.75 Å². The molecule has 0 aliphatic carbocycles. The van der Waals surface area contributed by atoms with Crippen molar-refractivity contribution in [1.29, 1.82) is 0 Å². The molecule has 2 aliphatic heterocycles. The Hall–Kier alpha value is -3.82. The molecule has 0 amide bonds. The van der Waals surface area contributed by atoms with E-state index in [-0.39, 0.29) is 17.9 Å². The molecule has 6 atom stereocenters. The van der Waals surface area contributed by atoms with E-state index < -0.39 is 71.3 Å². The van der Waals surface area contributed by atoms with Gasteiger partial charge in [-0.3, -0.25) is 24.5 Å². The Kier molecular flexibility index (Phi) is 8.96. The van der Waals surface area contributed by atoms with Crippen LogP contribution in [-0.2, 0) is 52.6 Å². The van der Waals surface area contributed by atoms with E-state index in [4.69, 9.17) is 38.2 Å². The van der Waals surface area contributed by atoms with Crippen LogP contribution in [0.25, 0.3) is 0 Å². The number of esters is 4. The van der Waals surface area contributed by atoms with E-state index in [0.717, 1.165) is 27.9 Å². The Morgan fingerprint density at radius 2 is 1.59 bits per heavy atom. The largest absolute Gasteiger partial charge is 0.467 e. The fraction of sp³-hybridized carbons (Fsp3) is 0.545. The molecular weight excluding hydrogens is 502 g/mol. The number of benzene rings is 1. The number of nitrogens with zero attached hydrogens (tertiary/aromatic N) is 1. The van der Waals surface area contributed by atoms with Gasteiger partial charge in [-0.1, -0.05) is 6.07 Å². The number of rotatable bonds is 8. The number of nitro groups is 1. The van der Waals surface area contributed by atoms with Crippen LogP contribution in [0.3, 0.4) is 0 Å². The molecule has 1 aromatic carbocycles. The summed E-state index contributed by atoms with van der Waals surface area (Å²) in [6.07, 6.45) is -8.73. The summed E-state index contributed by atoms with van der Waals surface area (Å²) >= 11 is 0. The fourth-order valence-electron chi connectivity index (χ4n) is 3.93. The highest BCUT2D eigenvalue weighted by molar-refractivity contribution is 5.77. The lowest BCUT2D eigenvalue weighted by Crippen LogP contribution is -2.64. The summed E-state index contributed by atoms with van der Waals surface area (Å²) in [5, 5.41) is 12.0. The van der Waals surface area contributed by atoms with Crippen molar-refractivity contribution >= 4 is 29.6 Å². The van der Waals surface area contributed by atoms with Crippen molar-refractivity contribution in [3.05, 3.63) is 33.9 Å². The minimum absolute atomic E-state index is 0.138. The van der Waals surface area contributed by atoms with Crippen molar-refractivity contribution in [1.82, 2.24) is 0 Å². The predicted molar refractivity (Wildman–Crippen MR) is 115 cm³/mol. The molecule has 2 aliphatic rings. The molecule has 2 heterocycles. The Morgan fingerprint density at radius 3 is 2.14 bits per heavy atom. The van der Waals surface area contributed by atoms with Gasteiger partial charge in [0.15, 0.2) is 18.3 Å². The lowest BCUT2D eigenvalue weighted by atomic mass is 9.97. The van der Waals surface area contributed by atoms with Crippen molar-refractivity contribution in [2.75, 3.05) is 13.7 Å². The standard InChI is InChI=1S/C22H25NO14/c1-10(24)32-17-18(33-11(2)25)20(34-12(3)26)22(36-19(17)21(27)30-4)35-15-7-5-6-13(16(15)23(28)29)14-8-9-31-37-14/h5-7,14,17-20,22H,8-9H2,1-4H3/t14?,17-,18-,19-,20+,22+/m0/s1. The van der Waals surface area contributed by atoms with E-state index in [0.29, 0.717) is 6.42 Å². The number of methoxy groups -OCH3 is 1. The van der Waals surface area contributed by atoms with Gasteiger partial charge in [-0.25, -0.2) is 14.6 Å². The second-order valence-electron chi connectivity index (χ2n) is 7.93. The lowest BCUT2D eigenvalue weighted by Gasteiger charge is -2.43. The van der Waals surface area contributed by atoms with Gasteiger partial charge in [0.25, 0.3) is 0 Å². The maximum atomic E-state index is 12.5. The topological polar surface area (TPSA) is 185 Å². The Labute approximate surface area is 209 Å². The number of hydrogen-bond acceptors (Lipinski definition) is 14. The summed E-state index contributed by atoms with van der Waals surface area (Å²) in [5.41, 5.74) is -0.359. The van der Waals surface area contributed by atoms with Crippen LogP contribution in [0.5, 0.6) is 5.75 Å². The normalized spacial score (nSPS) is 27.0. The van der Waals surface area contributed by atoms with Gasteiger partial charge >= 0.3 is 29.6 Å². The van der Waals surface area contributed by atoms with Gasteiger partial charge in [0.1, 0.15) is 6.10 Å². The smallest absolute Gasteiger partial charge is 0.339 e. The van der Waals surface area contributed by atoms with E-state index in [1.807, 2.05) is 0 Å². The summed E-state index contributed by atoms with van der Waals surface area (Å²) < 4.78 is 31.9. The van der Waals surface area contributed by atoms with Crippen LogP contribution < -0.4 is 4.74 Å². The zero-order chi connectivity index (χ0) is 27.3. The first-order chi connectivity index (χ1) is 17.5. The third kappa shape index (κ3) is 6.49. The van der Waals surface area contributed by atoms with E-state index in [2.05, 4.69) is 0 Å². The average molecular weight is 527 g/mol. The number of para-hydroxylation sites is 1. The second-order valence-corrected chi connectivity index (χ2v) is 7.93. The minimum Gasteiger partial charge on any atom is -0.467 e. The minimum atomic E-state index is -1.75. The SMILES string of the molecule is COC(=O)[C@H]1O[C@@H](Oc2cccc(C3CCOO3)c2[N+](=O)[O-])[C@H](OC(C)=O)[C@@H](OC(C)=O)[C@@H]1OC(C)=O. The molecule has 202 valence electrons. The van der Waals surface area contributed by atoms with Crippen LogP contribution in [0.2, 0.25) is 0 Å². The Morgan fingerprint density at radius 1 is 0.973 bits per heavy atom.